The van der Waals surface area contributed by atoms with E-state index in [2.05, 4.69) is 10.2 Å². The van der Waals surface area contributed by atoms with Crippen molar-refractivity contribution in [2.45, 2.75) is 20.3 Å². The number of nitrogens with one attached hydrogen (secondary N) is 1. The van der Waals surface area contributed by atoms with Gasteiger partial charge in [-0.1, -0.05) is 6.08 Å². The minimum atomic E-state index is -0.326. The first-order valence-corrected chi connectivity index (χ1v) is 6.80. The van der Waals surface area contributed by atoms with Crippen LogP contribution in [-0.2, 0) is 19.2 Å². The molecule has 0 saturated carbocycles. The molecule has 7 heteroatoms. The predicted molar refractivity (Wildman–Crippen MR) is 79.4 cm³/mol. The van der Waals surface area contributed by atoms with Crippen LogP contribution in [0.25, 0.3) is 0 Å². The number of hydrogen-bond acceptors (Lipinski definition) is 5. The van der Waals surface area contributed by atoms with Crippen LogP contribution in [-0.4, -0.2) is 50.3 Å². The second-order valence-electron chi connectivity index (χ2n) is 4.95. The van der Waals surface area contributed by atoms with Crippen LogP contribution in [0.2, 0.25) is 0 Å². The van der Waals surface area contributed by atoms with Crippen LogP contribution < -0.4 is 11.2 Å². The number of allylic oxidation sites excluding steroid dienone is 1. The van der Waals surface area contributed by atoms with E-state index in [4.69, 9.17) is 10.6 Å². The average molecular weight is 300 g/mol. The maximum atomic E-state index is 11.9. The van der Waals surface area contributed by atoms with Crippen LogP contribution in [0, 0.1) is 0 Å². The maximum Gasteiger partial charge on any atom is 0.307 e. The number of carbonyl (C=O) groups excluding carboxylic acids is 2. The topological polar surface area (TPSA) is 90.6 Å². The summed E-state index contributed by atoms with van der Waals surface area (Å²) >= 11 is 0. The lowest BCUT2D eigenvalue weighted by molar-refractivity contribution is -0.861. The Balaban J connectivity index is 4.38. The van der Waals surface area contributed by atoms with E-state index in [-0.39, 0.29) is 31.6 Å². The third kappa shape index (κ3) is 8.96. The van der Waals surface area contributed by atoms with Crippen LogP contribution >= 0.6 is 0 Å². The fraction of sp³-hybridized carbons (Fsp3) is 0.571. The fourth-order valence-corrected chi connectivity index (χ4v) is 1.43. The molecule has 3 N–H and O–H groups in total. The van der Waals surface area contributed by atoms with Crippen LogP contribution in [0.15, 0.2) is 23.9 Å². The quantitative estimate of drug-likeness (QED) is 0.161. The number of amides is 1. The molecule has 0 rings (SSSR count). The molecule has 0 radical (unpaired) electrons. The number of nitrogens with zero attached hydrogens (tertiary/aromatic N) is 1. The number of rotatable bonds is 9. The monoisotopic (exact) mass is 300 g/mol. The number of quaternary nitrogens is 1. The van der Waals surface area contributed by atoms with E-state index in [9.17, 15) is 9.59 Å². The summed E-state index contributed by atoms with van der Waals surface area (Å²) in [5.41, 5.74) is 0.502. The lowest BCUT2D eigenvalue weighted by Crippen LogP contribution is -2.37. The Morgan fingerprint density at radius 1 is 1.33 bits per heavy atom. The first-order chi connectivity index (χ1) is 9.86. The highest BCUT2D eigenvalue weighted by Gasteiger charge is 2.12. The van der Waals surface area contributed by atoms with Gasteiger partial charge < -0.3 is 10.1 Å². The molecule has 0 aromatic carbocycles. The molecule has 0 saturated heterocycles. The van der Waals surface area contributed by atoms with E-state index in [0.29, 0.717) is 16.7 Å². The van der Waals surface area contributed by atoms with Crippen molar-refractivity contribution in [3.63, 3.8) is 0 Å². The lowest BCUT2D eigenvalue weighted by Gasteiger charge is -2.22. The summed E-state index contributed by atoms with van der Waals surface area (Å²) in [6.45, 7) is 4.38. The molecular weight excluding hydrogens is 274 g/mol. The molecule has 0 atom stereocenters. The SMILES string of the molecule is C/C=C(\C=C/[N+](C)(C)CON)C(=O)NCCC(=O)OCC. The van der Waals surface area contributed by atoms with Gasteiger partial charge in [0, 0.05) is 18.2 Å². The zero-order valence-corrected chi connectivity index (χ0v) is 13.2. The molecule has 0 heterocycles. The highest BCUT2D eigenvalue weighted by molar-refractivity contribution is 5.96. The van der Waals surface area contributed by atoms with Crippen molar-refractivity contribution in [3.05, 3.63) is 23.9 Å². The van der Waals surface area contributed by atoms with E-state index in [1.807, 2.05) is 14.1 Å². The Bertz CT molecular complexity index is 403. The summed E-state index contributed by atoms with van der Waals surface area (Å²) in [6.07, 6.45) is 5.34. The van der Waals surface area contributed by atoms with Crippen molar-refractivity contribution >= 4 is 11.9 Å². The third-order valence-electron chi connectivity index (χ3n) is 2.56. The highest BCUT2D eigenvalue weighted by atomic mass is 16.6. The number of carbonyl (C=O) groups is 2. The Morgan fingerprint density at radius 3 is 2.52 bits per heavy atom. The van der Waals surface area contributed by atoms with Crippen LogP contribution in [0.4, 0.5) is 0 Å². The zero-order valence-electron chi connectivity index (χ0n) is 13.2. The van der Waals surface area contributed by atoms with Crippen molar-refractivity contribution in [2.24, 2.45) is 5.90 Å². The Kier molecular flexibility index (Phi) is 9.27. The molecule has 0 aliphatic rings. The van der Waals surface area contributed by atoms with Gasteiger partial charge in [0.1, 0.15) is 0 Å². The van der Waals surface area contributed by atoms with Crippen molar-refractivity contribution in [1.82, 2.24) is 5.32 Å². The smallest absolute Gasteiger partial charge is 0.307 e. The molecule has 0 fully saturated rings. The molecule has 0 spiro atoms. The van der Waals surface area contributed by atoms with Crippen molar-refractivity contribution in [2.75, 3.05) is 34.0 Å². The zero-order chi connectivity index (χ0) is 16.3. The van der Waals surface area contributed by atoms with E-state index in [1.54, 1.807) is 32.2 Å². The van der Waals surface area contributed by atoms with E-state index in [1.165, 1.54) is 0 Å². The van der Waals surface area contributed by atoms with Gasteiger partial charge in [-0.15, -0.1) is 0 Å². The summed E-state index contributed by atoms with van der Waals surface area (Å²) in [5.74, 6) is 4.48. The molecule has 1 amide bonds. The number of nitrogens with two attached hydrogens (primary N) is 1. The average Bonchev–Trinajstić information content (AvgIpc) is 2.39. The van der Waals surface area contributed by atoms with Crippen molar-refractivity contribution < 1.29 is 23.6 Å². The Hall–Kier alpha value is -1.70. The maximum absolute atomic E-state index is 11.9. The van der Waals surface area contributed by atoms with E-state index in [0.717, 1.165) is 0 Å². The van der Waals surface area contributed by atoms with Gasteiger partial charge in [0.2, 0.25) is 6.73 Å². The van der Waals surface area contributed by atoms with Crippen LogP contribution in [0.3, 0.4) is 0 Å². The summed E-state index contributed by atoms with van der Waals surface area (Å²) in [7, 11) is 3.77. The first kappa shape index (κ1) is 19.3. The fourth-order valence-electron chi connectivity index (χ4n) is 1.43. The minimum absolute atomic E-state index is 0.156. The van der Waals surface area contributed by atoms with Gasteiger partial charge in [-0.3, -0.25) is 14.1 Å². The summed E-state index contributed by atoms with van der Waals surface area (Å²) in [5, 5.41) is 2.67. The molecule has 120 valence electrons. The predicted octanol–water partition coefficient (Wildman–Crippen LogP) is 0.440. The van der Waals surface area contributed by atoms with Gasteiger partial charge in [-0.25, -0.2) is 10.7 Å². The number of ether oxygens (including phenoxy) is 1. The molecule has 0 aromatic rings. The standard InChI is InChI=1S/C14H25N3O4/c1-5-12(8-10-17(3,4)11-21-15)14(19)16-9-7-13(18)20-6-2/h5,8,10H,6-7,9,11,15H2,1-4H3/p+1/b10-8-,12-5+. The van der Waals surface area contributed by atoms with Gasteiger partial charge >= 0.3 is 5.97 Å². The van der Waals surface area contributed by atoms with Gasteiger partial charge in [-0.2, -0.15) is 0 Å². The number of hydrogen-bond donors (Lipinski definition) is 2. The molecule has 21 heavy (non-hydrogen) atoms. The van der Waals surface area contributed by atoms with E-state index >= 15 is 0 Å². The summed E-state index contributed by atoms with van der Waals surface area (Å²) in [6, 6.07) is 0. The summed E-state index contributed by atoms with van der Waals surface area (Å²) < 4.78 is 5.16. The van der Waals surface area contributed by atoms with Gasteiger partial charge in [0.15, 0.2) is 0 Å². The third-order valence-corrected chi connectivity index (χ3v) is 2.56. The van der Waals surface area contributed by atoms with Crippen LogP contribution in [0.5, 0.6) is 0 Å². The highest BCUT2D eigenvalue weighted by Crippen LogP contribution is 2.03. The van der Waals surface area contributed by atoms with Crippen LogP contribution in [0.1, 0.15) is 20.3 Å². The molecule has 0 aliphatic heterocycles. The van der Waals surface area contributed by atoms with Crippen molar-refractivity contribution in [3.8, 4) is 0 Å². The largest absolute Gasteiger partial charge is 0.466 e. The first-order valence-electron chi connectivity index (χ1n) is 6.80. The lowest BCUT2D eigenvalue weighted by atomic mass is 10.2. The molecule has 7 nitrogen and oxygen atoms in total. The Labute approximate surface area is 125 Å². The minimum Gasteiger partial charge on any atom is -0.466 e. The second kappa shape index (κ2) is 10.1. The summed E-state index contributed by atoms with van der Waals surface area (Å²) in [4.78, 5) is 27.7. The molecule has 0 aliphatic carbocycles. The van der Waals surface area contributed by atoms with Gasteiger partial charge in [0.05, 0.1) is 33.3 Å². The molecule has 0 aromatic heterocycles. The van der Waals surface area contributed by atoms with Gasteiger partial charge in [0.25, 0.3) is 5.91 Å². The second-order valence-corrected chi connectivity index (χ2v) is 4.95. The normalized spacial score (nSPS) is 12.5. The Morgan fingerprint density at radius 2 is 2.00 bits per heavy atom. The molecular formula is C14H26N3O4+. The molecule has 0 unspecified atom stereocenters. The van der Waals surface area contributed by atoms with Gasteiger partial charge in [-0.05, 0) is 13.8 Å². The molecule has 0 bridgehead atoms. The van der Waals surface area contributed by atoms with E-state index < -0.39 is 0 Å². The van der Waals surface area contributed by atoms with Crippen molar-refractivity contribution in [1.29, 1.82) is 0 Å². The number of esters is 1.